The summed E-state index contributed by atoms with van der Waals surface area (Å²) in [5.41, 5.74) is 1.26. The molecule has 5 nitrogen and oxygen atoms in total. The second-order valence-electron chi connectivity index (χ2n) is 4.08. The van der Waals surface area contributed by atoms with Crippen LogP contribution in [0.2, 0.25) is 0 Å². The lowest BCUT2D eigenvalue weighted by Crippen LogP contribution is -2.18. The van der Waals surface area contributed by atoms with Gasteiger partial charge in [-0.1, -0.05) is 12.1 Å². The zero-order chi connectivity index (χ0) is 14.0. The summed E-state index contributed by atoms with van der Waals surface area (Å²) in [7, 11) is 1.57. The number of carbonyl (C=O) groups is 1. The highest BCUT2D eigenvalue weighted by atomic mass is 16.5. The van der Waals surface area contributed by atoms with Gasteiger partial charge in [-0.2, -0.15) is 0 Å². The van der Waals surface area contributed by atoms with Gasteiger partial charge in [0, 0.05) is 11.3 Å². The second kappa shape index (κ2) is 4.97. The van der Waals surface area contributed by atoms with Gasteiger partial charge < -0.3 is 14.8 Å². The van der Waals surface area contributed by atoms with Crippen LogP contribution < -0.4 is 10.3 Å². The van der Waals surface area contributed by atoms with E-state index in [4.69, 9.17) is 9.84 Å². The zero-order valence-electron chi connectivity index (χ0n) is 10.6. The Balaban J connectivity index is 2.57. The van der Waals surface area contributed by atoms with Crippen molar-refractivity contribution in [3.63, 3.8) is 0 Å². The Morgan fingerprint density at radius 1 is 1.26 bits per heavy atom. The molecule has 19 heavy (non-hydrogen) atoms. The Morgan fingerprint density at radius 3 is 2.42 bits per heavy atom. The van der Waals surface area contributed by atoms with Crippen LogP contribution in [0.4, 0.5) is 0 Å². The van der Waals surface area contributed by atoms with E-state index < -0.39 is 11.5 Å². The molecule has 0 saturated carbocycles. The third-order valence-corrected chi connectivity index (χ3v) is 2.87. The molecule has 0 amide bonds. The van der Waals surface area contributed by atoms with Gasteiger partial charge >= 0.3 is 5.97 Å². The van der Waals surface area contributed by atoms with Crippen LogP contribution in [-0.2, 0) is 0 Å². The molecule has 0 fully saturated rings. The summed E-state index contributed by atoms with van der Waals surface area (Å²) in [6, 6.07) is 8.56. The minimum atomic E-state index is -1.24. The molecule has 1 aromatic heterocycles. The van der Waals surface area contributed by atoms with Crippen LogP contribution in [0.5, 0.6) is 5.75 Å². The first kappa shape index (κ1) is 12.9. The molecule has 2 aromatic rings. The fourth-order valence-corrected chi connectivity index (χ4v) is 1.85. The topological polar surface area (TPSA) is 79.4 Å². The van der Waals surface area contributed by atoms with Crippen molar-refractivity contribution in [3.8, 4) is 16.9 Å². The quantitative estimate of drug-likeness (QED) is 0.884. The highest BCUT2D eigenvalue weighted by Crippen LogP contribution is 2.24. The van der Waals surface area contributed by atoms with E-state index in [0.717, 1.165) is 5.56 Å². The predicted octanol–water partition coefficient (Wildman–Crippen LogP) is 2.06. The fraction of sp³-hybridized carbons (Fsp3) is 0.143. The number of H-pyrrole nitrogens is 1. The molecule has 0 atom stereocenters. The summed E-state index contributed by atoms with van der Waals surface area (Å²) in [4.78, 5) is 25.0. The average molecular weight is 259 g/mol. The highest BCUT2D eigenvalue weighted by Gasteiger charge is 2.13. The van der Waals surface area contributed by atoms with E-state index >= 15 is 0 Å². The molecule has 0 bridgehead atoms. The van der Waals surface area contributed by atoms with Crippen molar-refractivity contribution in [2.45, 2.75) is 6.92 Å². The molecule has 0 spiro atoms. The number of hydrogen-bond donors (Lipinski definition) is 2. The minimum Gasteiger partial charge on any atom is -0.497 e. The minimum absolute atomic E-state index is 0.267. The molecule has 2 rings (SSSR count). The van der Waals surface area contributed by atoms with E-state index in [-0.39, 0.29) is 5.56 Å². The maximum absolute atomic E-state index is 11.5. The summed E-state index contributed by atoms with van der Waals surface area (Å²) < 4.78 is 5.06. The molecular formula is C14H13NO4. The standard InChI is InChI=1S/C14H13NO4/c1-8-11(7-12(14(17)18)13(16)15-8)9-3-5-10(19-2)6-4-9/h3-7H,1-2H3,(H,15,16)(H,17,18). The number of aromatic amines is 1. The first-order valence-electron chi connectivity index (χ1n) is 5.64. The number of aromatic carboxylic acids is 1. The number of pyridine rings is 1. The fourth-order valence-electron chi connectivity index (χ4n) is 1.85. The largest absolute Gasteiger partial charge is 0.497 e. The van der Waals surface area contributed by atoms with E-state index in [2.05, 4.69) is 4.98 Å². The van der Waals surface area contributed by atoms with Crippen LogP contribution in [0.1, 0.15) is 16.1 Å². The monoisotopic (exact) mass is 259 g/mol. The van der Waals surface area contributed by atoms with Crippen LogP contribution in [0.25, 0.3) is 11.1 Å². The van der Waals surface area contributed by atoms with Crippen LogP contribution >= 0.6 is 0 Å². The highest BCUT2D eigenvalue weighted by molar-refractivity contribution is 5.89. The number of rotatable bonds is 3. The molecule has 1 heterocycles. The Bertz CT molecular complexity index is 671. The molecule has 98 valence electrons. The summed E-state index contributed by atoms with van der Waals surface area (Å²) in [6.45, 7) is 1.73. The van der Waals surface area contributed by atoms with Crippen molar-refractivity contribution >= 4 is 5.97 Å². The lowest BCUT2D eigenvalue weighted by atomic mass is 10.0. The van der Waals surface area contributed by atoms with Crippen molar-refractivity contribution in [1.82, 2.24) is 4.98 Å². The third-order valence-electron chi connectivity index (χ3n) is 2.87. The Kier molecular flexibility index (Phi) is 3.37. The molecule has 0 saturated heterocycles. The normalized spacial score (nSPS) is 10.2. The van der Waals surface area contributed by atoms with Gasteiger partial charge in [0.05, 0.1) is 7.11 Å². The summed E-state index contributed by atoms with van der Waals surface area (Å²) >= 11 is 0. The molecule has 0 unspecified atom stereocenters. The molecule has 2 N–H and O–H groups in total. The van der Waals surface area contributed by atoms with Crippen LogP contribution in [-0.4, -0.2) is 23.2 Å². The van der Waals surface area contributed by atoms with Gasteiger partial charge in [-0.25, -0.2) is 4.79 Å². The van der Waals surface area contributed by atoms with Crippen molar-refractivity contribution < 1.29 is 14.6 Å². The van der Waals surface area contributed by atoms with Crippen molar-refractivity contribution in [2.75, 3.05) is 7.11 Å². The van der Waals surface area contributed by atoms with Crippen LogP contribution in [0.15, 0.2) is 35.1 Å². The van der Waals surface area contributed by atoms with E-state index in [1.807, 2.05) is 12.1 Å². The number of methoxy groups -OCH3 is 1. The third kappa shape index (κ3) is 2.49. The van der Waals surface area contributed by atoms with Gasteiger partial charge in [0.2, 0.25) is 0 Å². The van der Waals surface area contributed by atoms with Gasteiger partial charge in [0.1, 0.15) is 11.3 Å². The maximum Gasteiger partial charge on any atom is 0.341 e. The first-order valence-corrected chi connectivity index (χ1v) is 5.64. The summed E-state index contributed by atoms with van der Waals surface area (Å²) in [5.74, 6) is -0.528. The van der Waals surface area contributed by atoms with Crippen molar-refractivity contribution in [3.05, 3.63) is 51.9 Å². The van der Waals surface area contributed by atoms with Crippen LogP contribution in [0.3, 0.4) is 0 Å². The number of aryl methyl sites for hydroxylation is 1. The van der Waals surface area contributed by atoms with E-state index in [1.165, 1.54) is 6.07 Å². The van der Waals surface area contributed by atoms with Gasteiger partial charge in [0.15, 0.2) is 0 Å². The number of benzene rings is 1. The molecule has 5 heteroatoms. The number of carboxylic acid groups (broad SMARTS) is 1. The first-order chi connectivity index (χ1) is 9.02. The number of aromatic nitrogens is 1. The second-order valence-corrected chi connectivity index (χ2v) is 4.08. The predicted molar refractivity (Wildman–Crippen MR) is 70.7 cm³/mol. The van der Waals surface area contributed by atoms with Crippen molar-refractivity contribution in [1.29, 1.82) is 0 Å². The Hall–Kier alpha value is -2.56. The smallest absolute Gasteiger partial charge is 0.341 e. The molecular weight excluding hydrogens is 246 g/mol. The lowest BCUT2D eigenvalue weighted by Gasteiger charge is -2.08. The van der Waals surface area contributed by atoms with Gasteiger partial charge in [-0.05, 0) is 30.7 Å². The molecule has 1 aromatic carbocycles. The van der Waals surface area contributed by atoms with E-state index in [1.54, 1.807) is 26.2 Å². The number of ether oxygens (including phenoxy) is 1. The molecule has 0 aliphatic heterocycles. The van der Waals surface area contributed by atoms with Gasteiger partial charge in [-0.15, -0.1) is 0 Å². The van der Waals surface area contributed by atoms with Crippen molar-refractivity contribution in [2.24, 2.45) is 0 Å². The molecule has 0 radical (unpaired) electrons. The Morgan fingerprint density at radius 2 is 1.89 bits per heavy atom. The van der Waals surface area contributed by atoms with E-state index in [9.17, 15) is 9.59 Å². The van der Waals surface area contributed by atoms with Gasteiger partial charge in [-0.3, -0.25) is 4.79 Å². The SMILES string of the molecule is COc1ccc(-c2cc(C(=O)O)c(=O)[nH]c2C)cc1. The summed E-state index contributed by atoms with van der Waals surface area (Å²) in [5, 5.41) is 8.97. The Labute approximate surface area is 109 Å². The number of hydrogen-bond acceptors (Lipinski definition) is 3. The number of carboxylic acids is 1. The maximum atomic E-state index is 11.5. The average Bonchev–Trinajstić information content (AvgIpc) is 2.38. The van der Waals surface area contributed by atoms with Gasteiger partial charge in [0.25, 0.3) is 5.56 Å². The molecule has 0 aliphatic carbocycles. The molecule has 0 aliphatic rings. The van der Waals surface area contributed by atoms with Crippen LogP contribution in [0, 0.1) is 6.92 Å². The zero-order valence-corrected chi connectivity index (χ0v) is 10.6. The van der Waals surface area contributed by atoms with E-state index in [0.29, 0.717) is 17.0 Å². The summed E-state index contributed by atoms with van der Waals surface area (Å²) in [6.07, 6.45) is 0. The lowest BCUT2D eigenvalue weighted by molar-refractivity contribution is 0.0695. The number of nitrogens with one attached hydrogen (secondary N) is 1.